The van der Waals surface area contributed by atoms with Crippen molar-refractivity contribution in [1.82, 2.24) is 4.90 Å². The molecule has 15 heavy (non-hydrogen) atoms. The molecule has 2 atom stereocenters. The number of rotatable bonds is 4. The van der Waals surface area contributed by atoms with Gasteiger partial charge in [-0.3, -0.25) is 9.69 Å². The second-order valence-electron chi connectivity index (χ2n) is 3.77. The first-order valence-electron chi connectivity index (χ1n) is 5.17. The summed E-state index contributed by atoms with van der Waals surface area (Å²) in [7, 11) is 1.44. The number of methoxy groups -OCH3 is 1. The highest BCUT2D eigenvalue weighted by Gasteiger charge is 2.40. The van der Waals surface area contributed by atoms with E-state index in [2.05, 4.69) is 21.8 Å². The lowest BCUT2D eigenvalue weighted by molar-refractivity contribution is -0.140. The summed E-state index contributed by atoms with van der Waals surface area (Å²) in [6, 6.07) is 10.3. The Balaban J connectivity index is 1.75. The molecule has 0 amide bonds. The van der Waals surface area contributed by atoms with Gasteiger partial charge in [0.1, 0.15) is 6.04 Å². The SMILES string of the molecule is COC(=O)C1CN1CCc1ccccc1. The van der Waals surface area contributed by atoms with Gasteiger partial charge in [-0.25, -0.2) is 0 Å². The van der Waals surface area contributed by atoms with E-state index in [0.717, 1.165) is 19.5 Å². The van der Waals surface area contributed by atoms with Gasteiger partial charge >= 0.3 is 5.97 Å². The average molecular weight is 205 g/mol. The molecule has 1 aliphatic rings. The fraction of sp³-hybridized carbons (Fsp3) is 0.417. The summed E-state index contributed by atoms with van der Waals surface area (Å²) in [6.45, 7) is 1.78. The lowest BCUT2D eigenvalue weighted by Crippen LogP contribution is -2.16. The molecule has 3 heteroatoms. The normalized spacial score (nSPS) is 23.5. The van der Waals surface area contributed by atoms with E-state index in [4.69, 9.17) is 0 Å². The molecule has 1 aliphatic heterocycles. The summed E-state index contributed by atoms with van der Waals surface area (Å²) in [6.07, 6.45) is 0.994. The van der Waals surface area contributed by atoms with Crippen molar-refractivity contribution >= 4 is 5.97 Å². The predicted molar refractivity (Wildman–Crippen MR) is 57.5 cm³/mol. The number of nitrogens with zero attached hydrogens (tertiary/aromatic N) is 1. The van der Waals surface area contributed by atoms with Gasteiger partial charge < -0.3 is 4.74 Å². The number of ether oxygens (including phenoxy) is 1. The largest absolute Gasteiger partial charge is 0.468 e. The molecule has 1 aromatic rings. The molecule has 1 saturated heterocycles. The molecule has 0 bridgehead atoms. The number of esters is 1. The highest BCUT2D eigenvalue weighted by molar-refractivity contribution is 5.78. The van der Waals surface area contributed by atoms with E-state index < -0.39 is 0 Å². The van der Waals surface area contributed by atoms with Crippen LogP contribution in [0.3, 0.4) is 0 Å². The summed E-state index contributed by atoms with van der Waals surface area (Å²) in [4.78, 5) is 13.3. The number of benzene rings is 1. The minimum Gasteiger partial charge on any atom is -0.468 e. The van der Waals surface area contributed by atoms with Crippen molar-refractivity contribution in [1.29, 1.82) is 0 Å². The molecule has 0 radical (unpaired) electrons. The summed E-state index contributed by atoms with van der Waals surface area (Å²) in [5, 5.41) is 0. The third kappa shape index (κ3) is 2.57. The summed E-state index contributed by atoms with van der Waals surface area (Å²) >= 11 is 0. The maximum absolute atomic E-state index is 11.1. The van der Waals surface area contributed by atoms with Crippen LogP contribution in [0.15, 0.2) is 30.3 Å². The molecular weight excluding hydrogens is 190 g/mol. The minimum atomic E-state index is -0.108. The van der Waals surface area contributed by atoms with E-state index in [1.165, 1.54) is 12.7 Å². The van der Waals surface area contributed by atoms with Gasteiger partial charge in [0.25, 0.3) is 0 Å². The first-order valence-corrected chi connectivity index (χ1v) is 5.17. The number of carbonyl (C=O) groups is 1. The molecule has 2 rings (SSSR count). The Morgan fingerprint density at radius 2 is 2.20 bits per heavy atom. The quantitative estimate of drug-likeness (QED) is 0.544. The summed E-state index contributed by atoms with van der Waals surface area (Å²) in [5.41, 5.74) is 1.31. The van der Waals surface area contributed by atoms with Gasteiger partial charge in [0.2, 0.25) is 0 Å². The zero-order valence-electron chi connectivity index (χ0n) is 8.85. The van der Waals surface area contributed by atoms with Crippen molar-refractivity contribution in [2.24, 2.45) is 0 Å². The predicted octanol–water partition coefficient (Wildman–Crippen LogP) is 1.09. The molecule has 0 aromatic heterocycles. The van der Waals surface area contributed by atoms with Crippen LogP contribution in [0.1, 0.15) is 5.56 Å². The molecular formula is C12H15NO2. The van der Waals surface area contributed by atoms with E-state index in [9.17, 15) is 4.79 Å². The zero-order valence-corrected chi connectivity index (χ0v) is 8.85. The van der Waals surface area contributed by atoms with Gasteiger partial charge in [0.15, 0.2) is 0 Å². The lowest BCUT2D eigenvalue weighted by atomic mass is 10.1. The Labute approximate surface area is 89.7 Å². The van der Waals surface area contributed by atoms with Gasteiger partial charge in [-0.1, -0.05) is 30.3 Å². The third-order valence-corrected chi connectivity index (χ3v) is 2.72. The van der Waals surface area contributed by atoms with Gasteiger partial charge in [-0.05, 0) is 12.0 Å². The zero-order chi connectivity index (χ0) is 10.7. The van der Waals surface area contributed by atoms with E-state index in [-0.39, 0.29) is 12.0 Å². The smallest absolute Gasteiger partial charge is 0.324 e. The molecule has 1 fully saturated rings. The Kier molecular flexibility index (Phi) is 3.02. The van der Waals surface area contributed by atoms with Crippen LogP contribution < -0.4 is 0 Å². The molecule has 2 unspecified atom stereocenters. The van der Waals surface area contributed by atoms with Crippen molar-refractivity contribution in [3.05, 3.63) is 35.9 Å². The highest BCUT2D eigenvalue weighted by atomic mass is 16.5. The molecule has 0 spiro atoms. The molecule has 1 aromatic carbocycles. The van der Waals surface area contributed by atoms with Gasteiger partial charge in [0.05, 0.1) is 7.11 Å². The van der Waals surface area contributed by atoms with Crippen LogP contribution in [0.25, 0.3) is 0 Å². The van der Waals surface area contributed by atoms with Crippen LogP contribution in [0.5, 0.6) is 0 Å². The average Bonchev–Trinajstić information content (AvgIpc) is 3.06. The first-order chi connectivity index (χ1) is 7.31. The van der Waals surface area contributed by atoms with Crippen molar-refractivity contribution in [2.45, 2.75) is 12.5 Å². The van der Waals surface area contributed by atoms with Crippen LogP contribution in [0.4, 0.5) is 0 Å². The minimum absolute atomic E-state index is 0.0127. The van der Waals surface area contributed by atoms with Crippen molar-refractivity contribution in [3.8, 4) is 0 Å². The van der Waals surface area contributed by atoms with E-state index >= 15 is 0 Å². The van der Waals surface area contributed by atoms with Crippen molar-refractivity contribution < 1.29 is 9.53 Å². The Hall–Kier alpha value is -1.35. The van der Waals surface area contributed by atoms with Gasteiger partial charge in [0, 0.05) is 13.1 Å². The van der Waals surface area contributed by atoms with E-state index in [0.29, 0.717) is 0 Å². The molecule has 80 valence electrons. The van der Waals surface area contributed by atoms with Gasteiger partial charge in [-0.15, -0.1) is 0 Å². The maximum atomic E-state index is 11.1. The number of hydrogen-bond acceptors (Lipinski definition) is 3. The van der Waals surface area contributed by atoms with Crippen LogP contribution in [0, 0.1) is 0 Å². The standard InChI is InChI=1S/C12H15NO2/c1-15-12(14)11-9-13(11)8-7-10-5-3-2-4-6-10/h2-6,11H,7-9H2,1H3. The fourth-order valence-electron chi connectivity index (χ4n) is 1.70. The molecule has 0 N–H and O–H groups in total. The first kappa shape index (κ1) is 10.2. The Bertz CT molecular complexity index is 337. The van der Waals surface area contributed by atoms with Crippen molar-refractivity contribution in [3.63, 3.8) is 0 Å². The topological polar surface area (TPSA) is 29.3 Å². The molecule has 3 nitrogen and oxygen atoms in total. The molecule has 1 heterocycles. The highest BCUT2D eigenvalue weighted by Crippen LogP contribution is 2.18. The summed E-state index contributed by atoms with van der Waals surface area (Å²) < 4.78 is 4.68. The van der Waals surface area contributed by atoms with Crippen LogP contribution >= 0.6 is 0 Å². The van der Waals surface area contributed by atoms with E-state index in [1.807, 2.05) is 18.2 Å². The van der Waals surface area contributed by atoms with Crippen LogP contribution in [-0.4, -0.2) is 37.1 Å². The van der Waals surface area contributed by atoms with Crippen molar-refractivity contribution in [2.75, 3.05) is 20.2 Å². The van der Waals surface area contributed by atoms with Gasteiger partial charge in [-0.2, -0.15) is 0 Å². The molecule has 0 saturated carbocycles. The third-order valence-electron chi connectivity index (χ3n) is 2.72. The van der Waals surface area contributed by atoms with Crippen LogP contribution in [-0.2, 0) is 16.0 Å². The second kappa shape index (κ2) is 4.45. The van der Waals surface area contributed by atoms with E-state index in [1.54, 1.807) is 0 Å². The maximum Gasteiger partial charge on any atom is 0.324 e. The number of carbonyl (C=O) groups excluding carboxylic acids is 1. The monoisotopic (exact) mass is 205 g/mol. The second-order valence-corrected chi connectivity index (χ2v) is 3.77. The number of hydrogen-bond donors (Lipinski definition) is 0. The fourth-order valence-corrected chi connectivity index (χ4v) is 1.70. The lowest BCUT2D eigenvalue weighted by Gasteiger charge is -2.02. The molecule has 0 aliphatic carbocycles. The van der Waals surface area contributed by atoms with Crippen LogP contribution in [0.2, 0.25) is 0 Å². The summed E-state index contributed by atoms with van der Waals surface area (Å²) in [5.74, 6) is -0.108. The Morgan fingerprint density at radius 3 is 2.87 bits per heavy atom. The Morgan fingerprint density at radius 1 is 1.47 bits per heavy atom.